The molecule has 1 aliphatic heterocycles. The average molecular weight is 519 g/mol. The second-order valence-electron chi connectivity index (χ2n) is 9.12. The molecular weight excluding hydrogens is 492 g/mol. The number of benzene rings is 4. The summed E-state index contributed by atoms with van der Waals surface area (Å²) in [5.41, 5.74) is 3.77. The second kappa shape index (κ2) is 11.5. The van der Waals surface area contributed by atoms with Crippen LogP contribution in [-0.2, 0) is 24.5 Å². The Morgan fingerprint density at radius 1 is 0.692 bits per heavy atom. The number of carboxylic acid groups (broad SMARTS) is 1. The molecule has 1 N–H and O–H groups in total. The molecule has 1 saturated heterocycles. The van der Waals surface area contributed by atoms with Crippen molar-refractivity contribution in [1.82, 2.24) is 9.80 Å². The number of ether oxygens (including phenoxy) is 1. The maximum atomic E-state index is 13.5. The van der Waals surface area contributed by atoms with Crippen LogP contribution in [0.1, 0.15) is 32.6 Å². The number of amides is 3. The zero-order valence-electron chi connectivity index (χ0n) is 21.1. The molecule has 1 fully saturated rings. The maximum absolute atomic E-state index is 13.5. The molecule has 7 heteroatoms. The molecule has 0 saturated carbocycles. The average Bonchev–Trinajstić information content (AvgIpc) is 3.17. The Balaban J connectivity index is 1.38. The first-order chi connectivity index (χ1) is 19.0. The van der Waals surface area contributed by atoms with Gasteiger partial charge in [-0.25, -0.2) is 9.59 Å². The molecule has 194 valence electrons. The van der Waals surface area contributed by atoms with Crippen LogP contribution in [0.3, 0.4) is 0 Å². The highest BCUT2D eigenvalue weighted by atomic mass is 16.5. The normalized spacial score (nSPS) is 14.2. The number of hydrogen-bond acceptors (Lipinski definition) is 4. The van der Waals surface area contributed by atoms with Crippen LogP contribution in [0.4, 0.5) is 4.79 Å². The summed E-state index contributed by atoms with van der Waals surface area (Å²) in [7, 11) is 0. The fourth-order valence-electron chi connectivity index (χ4n) is 4.28. The molecule has 0 atom stereocenters. The van der Waals surface area contributed by atoms with E-state index in [-0.39, 0.29) is 24.4 Å². The van der Waals surface area contributed by atoms with E-state index < -0.39 is 17.9 Å². The third-order valence-electron chi connectivity index (χ3n) is 6.37. The Kier molecular flexibility index (Phi) is 7.50. The molecule has 0 spiro atoms. The van der Waals surface area contributed by atoms with Crippen molar-refractivity contribution >= 4 is 24.0 Å². The van der Waals surface area contributed by atoms with Crippen LogP contribution < -0.4 is 4.74 Å². The van der Waals surface area contributed by atoms with Crippen molar-refractivity contribution in [3.8, 4) is 5.75 Å². The van der Waals surface area contributed by atoms with E-state index in [0.717, 1.165) is 16.7 Å². The fraction of sp³-hybridized carbons (Fsp3) is 0.0938. The summed E-state index contributed by atoms with van der Waals surface area (Å²) in [4.78, 5) is 40.8. The van der Waals surface area contributed by atoms with Gasteiger partial charge >= 0.3 is 12.0 Å². The monoisotopic (exact) mass is 518 g/mol. The molecule has 0 bridgehead atoms. The Labute approximate surface area is 226 Å². The Morgan fingerprint density at radius 3 is 1.87 bits per heavy atom. The smallest absolute Gasteiger partial charge is 0.335 e. The molecule has 4 aromatic carbocycles. The first-order valence-electron chi connectivity index (χ1n) is 12.5. The first kappa shape index (κ1) is 25.5. The van der Waals surface area contributed by atoms with E-state index in [9.17, 15) is 14.4 Å². The summed E-state index contributed by atoms with van der Waals surface area (Å²) in [6, 6.07) is 32.4. The van der Waals surface area contributed by atoms with Gasteiger partial charge in [-0.3, -0.25) is 14.6 Å². The molecule has 1 heterocycles. The molecule has 3 amide bonds. The highest BCUT2D eigenvalue weighted by molar-refractivity contribution is 6.13. The lowest BCUT2D eigenvalue weighted by molar-refractivity contribution is -0.123. The van der Waals surface area contributed by atoms with Crippen molar-refractivity contribution in [3.05, 3.63) is 143 Å². The van der Waals surface area contributed by atoms with Crippen LogP contribution in [0.15, 0.2) is 115 Å². The number of hydrogen-bond donors (Lipinski definition) is 1. The molecule has 0 aromatic heterocycles. The van der Waals surface area contributed by atoms with Crippen LogP contribution in [0.25, 0.3) is 6.08 Å². The maximum Gasteiger partial charge on any atom is 0.335 e. The predicted octanol–water partition coefficient (Wildman–Crippen LogP) is 5.97. The minimum absolute atomic E-state index is 0.0342. The largest absolute Gasteiger partial charge is 0.489 e. The van der Waals surface area contributed by atoms with Crippen LogP contribution in [-0.4, -0.2) is 32.8 Å². The molecule has 39 heavy (non-hydrogen) atoms. The number of aromatic carboxylic acids is 1. The second-order valence-corrected chi connectivity index (χ2v) is 9.12. The lowest BCUT2D eigenvalue weighted by Crippen LogP contribution is -2.32. The third-order valence-corrected chi connectivity index (χ3v) is 6.37. The molecule has 0 unspecified atom stereocenters. The van der Waals surface area contributed by atoms with Crippen LogP contribution in [0.5, 0.6) is 5.75 Å². The highest BCUT2D eigenvalue weighted by Gasteiger charge is 2.40. The highest BCUT2D eigenvalue weighted by Crippen LogP contribution is 2.28. The van der Waals surface area contributed by atoms with Crippen LogP contribution in [0.2, 0.25) is 0 Å². The van der Waals surface area contributed by atoms with Gasteiger partial charge in [0.25, 0.3) is 5.91 Å². The summed E-state index contributed by atoms with van der Waals surface area (Å²) in [5, 5.41) is 9.15. The van der Waals surface area contributed by atoms with Crippen molar-refractivity contribution in [2.75, 3.05) is 0 Å². The molecule has 5 rings (SSSR count). The van der Waals surface area contributed by atoms with Gasteiger partial charge in [-0.1, -0.05) is 84.9 Å². The van der Waals surface area contributed by atoms with E-state index in [1.807, 2.05) is 84.9 Å². The Hall–Kier alpha value is -5.17. The van der Waals surface area contributed by atoms with Gasteiger partial charge in [0.2, 0.25) is 0 Å². The number of nitrogens with zero attached hydrogens (tertiary/aromatic N) is 2. The minimum atomic E-state index is -1.04. The molecular formula is C32H26N2O5. The van der Waals surface area contributed by atoms with Gasteiger partial charge in [0.05, 0.1) is 18.7 Å². The van der Waals surface area contributed by atoms with Gasteiger partial charge in [0, 0.05) is 0 Å². The van der Waals surface area contributed by atoms with Gasteiger partial charge in [-0.2, -0.15) is 0 Å². The number of rotatable bonds is 9. The van der Waals surface area contributed by atoms with Crippen LogP contribution in [0, 0.1) is 0 Å². The fourth-order valence-corrected chi connectivity index (χ4v) is 4.28. The Bertz CT molecular complexity index is 1500. The van der Waals surface area contributed by atoms with Crippen molar-refractivity contribution in [3.63, 3.8) is 0 Å². The molecule has 4 aromatic rings. The van der Waals surface area contributed by atoms with E-state index in [1.54, 1.807) is 18.2 Å². The van der Waals surface area contributed by atoms with E-state index in [2.05, 4.69) is 0 Å². The van der Waals surface area contributed by atoms with Gasteiger partial charge in [-0.15, -0.1) is 0 Å². The summed E-state index contributed by atoms with van der Waals surface area (Å²) in [6.45, 7) is 0.720. The standard InChI is InChI=1S/C32H26N2O5/c35-30-29(19-23-13-17-28(18-14-23)39-22-26-9-5-2-6-10-26)33(20-24-7-3-1-4-8-24)32(38)34(30)21-25-11-15-27(16-12-25)31(36)37/h1-19H,20-22H2,(H,36,37)/b29-19+. The summed E-state index contributed by atoms with van der Waals surface area (Å²) >= 11 is 0. The van der Waals surface area contributed by atoms with E-state index in [4.69, 9.17) is 9.84 Å². The predicted molar refractivity (Wildman–Crippen MR) is 147 cm³/mol. The number of imide groups is 1. The van der Waals surface area contributed by atoms with Crippen molar-refractivity contribution in [2.45, 2.75) is 19.7 Å². The number of urea groups is 1. The van der Waals surface area contributed by atoms with Gasteiger partial charge in [0.15, 0.2) is 0 Å². The lowest BCUT2D eigenvalue weighted by Gasteiger charge is -2.17. The summed E-state index contributed by atoms with van der Waals surface area (Å²) < 4.78 is 5.86. The molecule has 1 aliphatic rings. The van der Waals surface area contributed by atoms with E-state index in [1.165, 1.54) is 21.9 Å². The quantitative estimate of drug-likeness (QED) is 0.218. The molecule has 7 nitrogen and oxygen atoms in total. The zero-order valence-corrected chi connectivity index (χ0v) is 21.1. The topological polar surface area (TPSA) is 87.2 Å². The first-order valence-corrected chi connectivity index (χ1v) is 12.5. The molecule has 0 aliphatic carbocycles. The van der Waals surface area contributed by atoms with Crippen molar-refractivity contribution < 1.29 is 24.2 Å². The number of carbonyl (C=O) groups excluding carboxylic acids is 2. The number of carboxylic acids is 1. The van der Waals surface area contributed by atoms with E-state index >= 15 is 0 Å². The SMILES string of the molecule is O=C(O)c1ccc(CN2C(=O)/C(=C\c3ccc(OCc4ccccc4)cc3)N(Cc3ccccc3)C2=O)cc1. The van der Waals surface area contributed by atoms with Gasteiger partial charge in [-0.05, 0) is 52.6 Å². The van der Waals surface area contributed by atoms with Gasteiger partial charge in [0.1, 0.15) is 18.1 Å². The molecule has 0 radical (unpaired) electrons. The number of carbonyl (C=O) groups is 3. The third kappa shape index (κ3) is 6.05. The zero-order chi connectivity index (χ0) is 27.2. The lowest BCUT2D eigenvalue weighted by atomic mass is 10.1. The van der Waals surface area contributed by atoms with Gasteiger partial charge < -0.3 is 9.84 Å². The summed E-state index contributed by atoms with van der Waals surface area (Å²) in [6.07, 6.45) is 1.71. The van der Waals surface area contributed by atoms with Crippen molar-refractivity contribution in [1.29, 1.82) is 0 Å². The summed E-state index contributed by atoms with van der Waals surface area (Å²) in [5.74, 6) is -0.754. The minimum Gasteiger partial charge on any atom is -0.489 e. The van der Waals surface area contributed by atoms with E-state index in [0.29, 0.717) is 17.9 Å². The van der Waals surface area contributed by atoms with Crippen molar-refractivity contribution in [2.24, 2.45) is 0 Å². The van der Waals surface area contributed by atoms with Crippen LogP contribution >= 0.6 is 0 Å². The Morgan fingerprint density at radius 2 is 1.26 bits per heavy atom.